The second-order valence-electron chi connectivity index (χ2n) is 7.57. The molecule has 1 atom stereocenters. The minimum atomic E-state index is -0.939. The van der Waals surface area contributed by atoms with Crippen molar-refractivity contribution in [3.63, 3.8) is 0 Å². The summed E-state index contributed by atoms with van der Waals surface area (Å²) in [5.74, 6) is -0.759. The van der Waals surface area contributed by atoms with E-state index in [9.17, 15) is 14.4 Å². The maximum Gasteiger partial charge on any atom is 0.293 e. The zero-order valence-corrected chi connectivity index (χ0v) is 17.1. The molecule has 2 aromatic carbocycles. The normalized spacial score (nSPS) is 17.2. The van der Waals surface area contributed by atoms with Crippen LogP contribution in [0.25, 0.3) is 0 Å². The lowest BCUT2D eigenvalue weighted by Crippen LogP contribution is -2.49. The molecule has 11 heteroatoms. The monoisotopic (exact) mass is 433 g/mol. The summed E-state index contributed by atoms with van der Waals surface area (Å²) in [7, 11) is 1.59. The molecule has 162 valence electrons. The number of tetrazole rings is 1. The van der Waals surface area contributed by atoms with Crippen molar-refractivity contribution in [2.24, 2.45) is 0 Å². The summed E-state index contributed by atoms with van der Waals surface area (Å²) in [6, 6.07) is 12.0. The number of rotatable bonds is 4. The van der Waals surface area contributed by atoms with Crippen molar-refractivity contribution in [1.29, 1.82) is 0 Å². The summed E-state index contributed by atoms with van der Waals surface area (Å²) < 4.78 is 5.81. The van der Waals surface area contributed by atoms with Crippen LogP contribution >= 0.6 is 0 Å². The Morgan fingerprint density at radius 1 is 1.25 bits per heavy atom. The number of fused-ring (bicyclic) bond motifs is 2. The molecular weight excluding hydrogens is 414 g/mol. The van der Waals surface area contributed by atoms with Gasteiger partial charge in [-0.2, -0.15) is 4.80 Å². The Bertz CT molecular complexity index is 1220. The first-order valence-electron chi connectivity index (χ1n) is 9.97. The molecular formula is C21H19N7O4. The highest BCUT2D eigenvalue weighted by Crippen LogP contribution is 2.38. The van der Waals surface area contributed by atoms with Gasteiger partial charge < -0.3 is 20.3 Å². The number of benzene rings is 2. The molecule has 0 bridgehead atoms. The van der Waals surface area contributed by atoms with Crippen LogP contribution in [0.1, 0.15) is 21.7 Å². The topological polar surface area (TPSA) is 131 Å². The third-order valence-electron chi connectivity index (χ3n) is 5.33. The lowest BCUT2D eigenvalue weighted by molar-refractivity contribution is -0.120. The van der Waals surface area contributed by atoms with Gasteiger partial charge in [-0.15, -0.1) is 10.2 Å². The van der Waals surface area contributed by atoms with Crippen LogP contribution in [0.2, 0.25) is 0 Å². The van der Waals surface area contributed by atoms with Crippen molar-refractivity contribution in [2.75, 3.05) is 23.9 Å². The summed E-state index contributed by atoms with van der Waals surface area (Å²) in [4.78, 5) is 40.0. The van der Waals surface area contributed by atoms with Crippen molar-refractivity contribution < 1.29 is 19.1 Å². The summed E-state index contributed by atoms with van der Waals surface area (Å²) in [5.41, 5.74) is 2.93. The van der Waals surface area contributed by atoms with Gasteiger partial charge in [0.1, 0.15) is 18.4 Å². The fourth-order valence-corrected chi connectivity index (χ4v) is 3.69. The van der Waals surface area contributed by atoms with Gasteiger partial charge in [-0.1, -0.05) is 30.3 Å². The van der Waals surface area contributed by atoms with E-state index in [0.29, 0.717) is 23.7 Å². The Kier molecular flexibility index (Phi) is 4.77. The highest BCUT2D eigenvalue weighted by Gasteiger charge is 2.33. The molecule has 5 rings (SSSR count). The van der Waals surface area contributed by atoms with E-state index >= 15 is 0 Å². The van der Waals surface area contributed by atoms with Gasteiger partial charge in [-0.25, -0.2) is 0 Å². The largest absolute Gasteiger partial charge is 0.489 e. The van der Waals surface area contributed by atoms with E-state index in [1.165, 1.54) is 9.70 Å². The quantitative estimate of drug-likeness (QED) is 0.608. The van der Waals surface area contributed by atoms with E-state index in [1.54, 1.807) is 19.2 Å². The molecule has 1 aromatic heterocycles. The number of hydrogen-bond acceptors (Lipinski definition) is 7. The summed E-state index contributed by atoms with van der Waals surface area (Å²) in [5, 5.41) is 17.2. The molecule has 2 aliphatic rings. The Morgan fingerprint density at radius 2 is 2.06 bits per heavy atom. The molecule has 11 nitrogen and oxygen atoms in total. The van der Waals surface area contributed by atoms with Crippen LogP contribution in [0.15, 0.2) is 42.5 Å². The molecule has 0 radical (unpaired) electrons. The second-order valence-corrected chi connectivity index (χ2v) is 7.57. The lowest BCUT2D eigenvalue weighted by atomic mass is 10.1. The average molecular weight is 433 g/mol. The summed E-state index contributed by atoms with van der Waals surface area (Å²) >= 11 is 0. The van der Waals surface area contributed by atoms with Gasteiger partial charge in [0.05, 0.1) is 18.7 Å². The van der Waals surface area contributed by atoms with E-state index in [2.05, 4.69) is 26.0 Å². The van der Waals surface area contributed by atoms with Crippen LogP contribution in [-0.4, -0.2) is 57.6 Å². The molecule has 2 N–H and O–H groups in total. The highest BCUT2D eigenvalue weighted by atomic mass is 16.5. The number of nitrogens with zero attached hydrogens (tertiary/aromatic N) is 5. The molecule has 0 saturated heterocycles. The van der Waals surface area contributed by atoms with Crippen LogP contribution in [0.5, 0.6) is 5.75 Å². The third kappa shape index (κ3) is 3.64. The van der Waals surface area contributed by atoms with Gasteiger partial charge in [0.25, 0.3) is 17.6 Å². The molecule has 0 aliphatic carbocycles. The maximum atomic E-state index is 13.0. The maximum absolute atomic E-state index is 13.0. The molecule has 3 amide bonds. The summed E-state index contributed by atoms with van der Waals surface area (Å²) in [6.07, 6.45) is 0.258. The fourth-order valence-electron chi connectivity index (χ4n) is 3.69. The average Bonchev–Trinajstić information content (AvgIpc) is 3.38. The van der Waals surface area contributed by atoms with Gasteiger partial charge in [-0.3, -0.25) is 14.4 Å². The van der Waals surface area contributed by atoms with Crippen molar-refractivity contribution in [2.45, 2.75) is 19.0 Å². The number of aromatic nitrogens is 4. The van der Waals surface area contributed by atoms with Gasteiger partial charge in [-0.05, 0) is 28.5 Å². The highest BCUT2D eigenvalue weighted by molar-refractivity contribution is 6.05. The molecule has 0 unspecified atom stereocenters. The Balaban J connectivity index is 1.29. The van der Waals surface area contributed by atoms with Gasteiger partial charge in [0.2, 0.25) is 5.91 Å². The first kappa shape index (κ1) is 19.7. The van der Waals surface area contributed by atoms with Crippen molar-refractivity contribution in [1.82, 2.24) is 25.5 Å². The van der Waals surface area contributed by atoms with E-state index in [4.69, 9.17) is 4.74 Å². The minimum absolute atomic E-state index is 0.0692. The number of likely N-dealkylation sites (N-methyl/N-ethyl adjacent to an activating group) is 1. The zero-order valence-electron chi connectivity index (χ0n) is 17.1. The first-order chi connectivity index (χ1) is 15.5. The Labute approximate surface area is 182 Å². The van der Waals surface area contributed by atoms with Crippen LogP contribution in [0.4, 0.5) is 11.4 Å². The molecule has 3 heterocycles. The predicted octanol–water partition coefficient (Wildman–Crippen LogP) is 0.370. The fraction of sp³-hybridized carbons (Fsp3) is 0.238. The molecule has 2 aliphatic heterocycles. The predicted molar refractivity (Wildman–Crippen MR) is 112 cm³/mol. The Morgan fingerprint density at radius 3 is 2.88 bits per heavy atom. The third-order valence-corrected chi connectivity index (χ3v) is 5.33. The number of anilines is 2. The molecule has 3 aromatic rings. The number of hydrogen-bond donors (Lipinski definition) is 2. The van der Waals surface area contributed by atoms with Gasteiger partial charge in [0, 0.05) is 12.7 Å². The molecule has 0 spiro atoms. The van der Waals surface area contributed by atoms with Crippen molar-refractivity contribution >= 4 is 29.1 Å². The van der Waals surface area contributed by atoms with E-state index in [0.717, 1.165) is 11.1 Å². The van der Waals surface area contributed by atoms with Gasteiger partial charge in [0.15, 0.2) is 0 Å². The van der Waals surface area contributed by atoms with Crippen LogP contribution in [0, 0.1) is 0 Å². The van der Waals surface area contributed by atoms with Crippen LogP contribution < -0.4 is 20.3 Å². The molecule has 32 heavy (non-hydrogen) atoms. The minimum Gasteiger partial charge on any atom is -0.489 e. The standard InChI is InChI=1S/C21H19N7O4/c1-27-16-9-14-13(8-18(29)22-14)7-17(16)32-11-15(21(27)31)23-20(30)19-24-26-28(25-19)10-12-5-3-2-4-6-12/h2-7,9,15H,8,10-11H2,1H3,(H,22,29)(H,23,30)/t15-/m0/s1. The number of nitrogens with one attached hydrogen (secondary N) is 2. The zero-order chi connectivity index (χ0) is 22.2. The molecule has 0 saturated carbocycles. The number of ether oxygens (including phenoxy) is 1. The number of amides is 3. The van der Waals surface area contributed by atoms with Gasteiger partial charge >= 0.3 is 0 Å². The number of carbonyl (C=O) groups is 3. The molecule has 0 fully saturated rings. The SMILES string of the molecule is CN1C(=O)[C@@H](NC(=O)c2nnn(Cc3ccccc3)n2)COc2cc3c(cc21)NC(=O)C3. The second kappa shape index (κ2) is 7.76. The van der Waals surface area contributed by atoms with Crippen LogP contribution in [0.3, 0.4) is 0 Å². The van der Waals surface area contributed by atoms with Crippen LogP contribution in [-0.2, 0) is 22.6 Å². The Hall–Kier alpha value is -4.28. The van der Waals surface area contributed by atoms with E-state index in [1.807, 2.05) is 30.3 Å². The first-order valence-corrected chi connectivity index (χ1v) is 9.97. The summed E-state index contributed by atoms with van der Waals surface area (Å²) in [6.45, 7) is 0.298. The van der Waals surface area contributed by atoms with Crippen molar-refractivity contribution in [3.05, 3.63) is 59.4 Å². The van der Waals surface area contributed by atoms with E-state index in [-0.39, 0.29) is 30.7 Å². The van der Waals surface area contributed by atoms with Crippen molar-refractivity contribution in [3.8, 4) is 5.75 Å². The lowest BCUT2D eigenvalue weighted by Gasteiger charge is -2.20. The number of carbonyl (C=O) groups excluding carboxylic acids is 3. The van der Waals surface area contributed by atoms with E-state index < -0.39 is 11.9 Å². The smallest absolute Gasteiger partial charge is 0.293 e.